The molecule has 0 heterocycles. The molecule has 0 saturated heterocycles. The monoisotopic (exact) mass is 178 g/mol. The molecule has 0 amide bonds. The maximum atomic E-state index is 5.06. The molecular weight excluding hydrogens is 160 g/mol. The van der Waals surface area contributed by atoms with Crippen LogP contribution < -0.4 is 0 Å². The van der Waals surface area contributed by atoms with Crippen LogP contribution in [-0.4, -0.2) is 32.2 Å². The molecule has 0 aliphatic heterocycles. The van der Waals surface area contributed by atoms with Gasteiger partial charge in [0.15, 0.2) is 0 Å². The van der Waals surface area contributed by atoms with Crippen LogP contribution in [0.25, 0.3) is 0 Å². The molecule has 0 rings (SSSR count). The number of thiol groups is 1. The van der Waals surface area contributed by atoms with Gasteiger partial charge in [-0.05, 0) is 6.42 Å². The second kappa shape index (κ2) is 5.86. The Morgan fingerprint density at radius 3 is 1.91 bits per heavy atom. The van der Waals surface area contributed by atoms with E-state index in [1.807, 2.05) is 0 Å². The van der Waals surface area contributed by atoms with Gasteiger partial charge in [0.05, 0.1) is 18.0 Å². The molecule has 0 aromatic rings. The Morgan fingerprint density at radius 1 is 1.18 bits per heavy atom. The van der Waals surface area contributed by atoms with Crippen molar-refractivity contribution in [2.75, 3.05) is 27.4 Å². The zero-order chi connectivity index (χ0) is 8.74. The molecule has 0 saturated carbocycles. The van der Waals surface area contributed by atoms with Gasteiger partial charge in [-0.25, -0.2) is 0 Å². The van der Waals surface area contributed by atoms with Gasteiger partial charge in [0.2, 0.25) is 0 Å². The lowest BCUT2D eigenvalue weighted by Gasteiger charge is -2.26. The highest BCUT2D eigenvalue weighted by molar-refractivity contribution is 7.81. The Hall–Kier alpha value is 0.270. The van der Waals surface area contributed by atoms with E-state index in [4.69, 9.17) is 9.47 Å². The minimum Gasteiger partial charge on any atom is -0.383 e. The molecule has 0 atom stereocenters. The summed E-state index contributed by atoms with van der Waals surface area (Å²) in [7, 11) is 3.38. The lowest BCUT2D eigenvalue weighted by atomic mass is 10.1. The summed E-state index contributed by atoms with van der Waals surface area (Å²) in [6.07, 6.45) is 2.13. The average molecular weight is 178 g/mol. The second-order valence-electron chi connectivity index (χ2n) is 2.84. The van der Waals surface area contributed by atoms with Crippen molar-refractivity contribution in [3.05, 3.63) is 0 Å². The second-order valence-corrected chi connectivity index (χ2v) is 3.79. The third-order valence-corrected chi connectivity index (χ3v) is 2.02. The third kappa shape index (κ3) is 4.67. The smallest absolute Gasteiger partial charge is 0.0629 e. The van der Waals surface area contributed by atoms with Crippen LogP contribution in [0.15, 0.2) is 0 Å². The molecule has 0 aromatic heterocycles. The molecule has 0 spiro atoms. The first-order valence-corrected chi connectivity index (χ1v) is 4.33. The Labute approximate surface area is 74.7 Å². The van der Waals surface area contributed by atoms with Gasteiger partial charge >= 0.3 is 0 Å². The molecule has 0 aliphatic carbocycles. The zero-order valence-electron chi connectivity index (χ0n) is 7.59. The molecule has 0 N–H and O–H groups in total. The molecule has 11 heavy (non-hydrogen) atoms. The molecule has 0 fully saturated rings. The van der Waals surface area contributed by atoms with Crippen LogP contribution >= 0.6 is 12.6 Å². The first-order valence-electron chi connectivity index (χ1n) is 3.89. The van der Waals surface area contributed by atoms with Crippen LogP contribution in [0.3, 0.4) is 0 Å². The molecule has 68 valence electrons. The van der Waals surface area contributed by atoms with E-state index in [1.54, 1.807) is 14.2 Å². The fraction of sp³-hybridized carbons (Fsp3) is 1.00. The molecule has 0 bridgehead atoms. The fourth-order valence-corrected chi connectivity index (χ4v) is 1.67. The summed E-state index contributed by atoms with van der Waals surface area (Å²) in [6.45, 7) is 3.44. The lowest BCUT2D eigenvalue weighted by molar-refractivity contribution is 0.0994. The largest absolute Gasteiger partial charge is 0.383 e. The standard InChI is InChI=1S/C8H18O2S/c1-4-5-8(11,6-9-2)7-10-3/h11H,4-7H2,1-3H3. The van der Waals surface area contributed by atoms with Crippen LogP contribution in [0.5, 0.6) is 0 Å². The van der Waals surface area contributed by atoms with Crippen molar-refractivity contribution < 1.29 is 9.47 Å². The first-order chi connectivity index (χ1) is 5.18. The molecule has 0 aliphatic rings. The van der Waals surface area contributed by atoms with Crippen molar-refractivity contribution >= 4 is 12.6 Å². The van der Waals surface area contributed by atoms with Gasteiger partial charge in [0, 0.05) is 14.2 Å². The minimum absolute atomic E-state index is 0.0990. The van der Waals surface area contributed by atoms with Crippen LogP contribution in [-0.2, 0) is 9.47 Å². The zero-order valence-corrected chi connectivity index (χ0v) is 8.49. The molecule has 2 nitrogen and oxygen atoms in total. The number of hydrogen-bond donors (Lipinski definition) is 1. The van der Waals surface area contributed by atoms with Gasteiger partial charge in [-0.1, -0.05) is 13.3 Å². The third-order valence-electron chi connectivity index (χ3n) is 1.54. The SMILES string of the molecule is CCCC(S)(COC)COC. The van der Waals surface area contributed by atoms with E-state index in [0.717, 1.165) is 12.8 Å². The number of hydrogen-bond acceptors (Lipinski definition) is 3. The highest BCUT2D eigenvalue weighted by Crippen LogP contribution is 2.21. The Bertz CT molecular complexity index is 79.1. The van der Waals surface area contributed by atoms with E-state index in [1.165, 1.54) is 0 Å². The van der Waals surface area contributed by atoms with Gasteiger partial charge in [-0.3, -0.25) is 0 Å². The van der Waals surface area contributed by atoms with Gasteiger partial charge in [0.1, 0.15) is 0 Å². The maximum absolute atomic E-state index is 5.06. The number of rotatable bonds is 6. The summed E-state index contributed by atoms with van der Waals surface area (Å²) in [5.74, 6) is 0. The summed E-state index contributed by atoms with van der Waals surface area (Å²) in [5.41, 5.74) is 0. The average Bonchev–Trinajstić information content (AvgIpc) is 1.88. The highest BCUT2D eigenvalue weighted by atomic mass is 32.1. The van der Waals surface area contributed by atoms with Crippen molar-refractivity contribution in [3.63, 3.8) is 0 Å². The minimum atomic E-state index is -0.0990. The summed E-state index contributed by atoms with van der Waals surface area (Å²) in [5, 5.41) is 0. The van der Waals surface area contributed by atoms with E-state index in [9.17, 15) is 0 Å². The van der Waals surface area contributed by atoms with Gasteiger partial charge in [-0.15, -0.1) is 0 Å². The van der Waals surface area contributed by atoms with Crippen molar-refractivity contribution in [2.24, 2.45) is 0 Å². The topological polar surface area (TPSA) is 18.5 Å². The van der Waals surface area contributed by atoms with E-state index < -0.39 is 0 Å². The fourth-order valence-electron chi connectivity index (χ4n) is 1.19. The summed E-state index contributed by atoms with van der Waals surface area (Å²) in [4.78, 5) is 0. The summed E-state index contributed by atoms with van der Waals surface area (Å²) < 4.78 is 10.0. The molecule has 0 aromatic carbocycles. The van der Waals surface area contributed by atoms with Gasteiger partial charge in [0.25, 0.3) is 0 Å². The van der Waals surface area contributed by atoms with Crippen LogP contribution in [0.4, 0.5) is 0 Å². The van der Waals surface area contributed by atoms with E-state index >= 15 is 0 Å². The molecular formula is C8H18O2S. The first kappa shape index (κ1) is 11.3. The van der Waals surface area contributed by atoms with Gasteiger partial charge < -0.3 is 9.47 Å². The van der Waals surface area contributed by atoms with Crippen molar-refractivity contribution in [1.82, 2.24) is 0 Å². The van der Waals surface area contributed by atoms with E-state index in [0.29, 0.717) is 13.2 Å². The van der Waals surface area contributed by atoms with Crippen molar-refractivity contribution in [1.29, 1.82) is 0 Å². The number of ether oxygens (including phenoxy) is 2. The predicted molar refractivity (Wildman–Crippen MR) is 50.4 cm³/mol. The summed E-state index contributed by atoms with van der Waals surface area (Å²) in [6, 6.07) is 0. The van der Waals surface area contributed by atoms with Crippen LogP contribution in [0, 0.1) is 0 Å². The Kier molecular flexibility index (Phi) is 6.01. The van der Waals surface area contributed by atoms with Crippen LogP contribution in [0.1, 0.15) is 19.8 Å². The molecule has 3 heteroatoms. The predicted octanol–water partition coefficient (Wildman–Crippen LogP) is 1.75. The Balaban J connectivity index is 3.79. The summed E-state index contributed by atoms with van der Waals surface area (Å²) >= 11 is 4.51. The quantitative estimate of drug-likeness (QED) is 0.625. The Morgan fingerprint density at radius 2 is 1.64 bits per heavy atom. The van der Waals surface area contributed by atoms with Gasteiger partial charge in [-0.2, -0.15) is 12.6 Å². The highest BCUT2D eigenvalue weighted by Gasteiger charge is 2.23. The van der Waals surface area contributed by atoms with Crippen molar-refractivity contribution in [2.45, 2.75) is 24.5 Å². The molecule has 0 radical (unpaired) electrons. The normalized spacial score (nSPS) is 12.0. The lowest BCUT2D eigenvalue weighted by Crippen LogP contribution is -2.32. The number of methoxy groups -OCH3 is 2. The van der Waals surface area contributed by atoms with Crippen LogP contribution in [0.2, 0.25) is 0 Å². The van der Waals surface area contributed by atoms with E-state index in [2.05, 4.69) is 19.6 Å². The van der Waals surface area contributed by atoms with Crippen molar-refractivity contribution in [3.8, 4) is 0 Å². The maximum Gasteiger partial charge on any atom is 0.0629 e. The van der Waals surface area contributed by atoms with E-state index in [-0.39, 0.29) is 4.75 Å². The molecule has 0 unspecified atom stereocenters.